The van der Waals surface area contributed by atoms with E-state index in [1.165, 1.54) is 0 Å². The highest BCUT2D eigenvalue weighted by atomic mass is 35.5. The monoisotopic (exact) mass is 263 g/mol. The third-order valence-electron chi connectivity index (χ3n) is 3.01. The highest BCUT2D eigenvalue weighted by Crippen LogP contribution is 2.30. The van der Waals surface area contributed by atoms with E-state index in [2.05, 4.69) is 0 Å². The zero-order valence-electron chi connectivity index (χ0n) is 9.67. The van der Waals surface area contributed by atoms with Gasteiger partial charge in [0, 0.05) is 17.3 Å². The molecule has 1 unspecified atom stereocenters. The van der Waals surface area contributed by atoms with Crippen LogP contribution < -0.4 is 5.73 Å². The van der Waals surface area contributed by atoms with Crippen molar-refractivity contribution >= 4 is 34.3 Å². The summed E-state index contributed by atoms with van der Waals surface area (Å²) in [5.74, 6) is 0. The van der Waals surface area contributed by atoms with Crippen LogP contribution in [0.2, 0.25) is 0 Å². The first-order valence-corrected chi connectivity index (χ1v) is 5.59. The van der Waals surface area contributed by atoms with Gasteiger partial charge in [-0.05, 0) is 23.8 Å². The predicted octanol–water partition coefficient (Wildman–Crippen LogP) is 3.00. The van der Waals surface area contributed by atoms with Gasteiger partial charge >= 0.3 is 0 Å². The van der Waals surface area contributed by atoms with E-state index in [1.807, 2.05) is 42.5 Å². The third kappa shape index (κ3) is 1.97. The second kappa shape index (κ2) is 4.98. The minimum absolute atomic E-state index is 0. The minimum atomic E-state index is -0.618. The van der Waals surface area contributed by atoms with Crippen LogP contribution in [0.3, 0.4) is 0 Å². The number of aliphatic hydroxyl groups excluding tert-OH is 1. The molecule has 4 heteroatoms. The Morgan fingerprint density at radius 1 is 1.06 bits per heavy atom. The maximum Gasteiger partial charge on any atom is 0.135 e. The topological polar surface area (TPSA) is 59.4 Å². The van der Waals surface area contributed by atoms with Crippen LogP contribution in [0.1, 0.15) is 11.7 Å². The second-order valence-corrected chi connectivity index (χ2v) is 4.11. The summed E-state index contributed by atoms with van der Waals surface area (Å²) in [6, 6.07) is 13.5. The van der Waals surface area contributed by atoms with E-state index < -0.39 is 6.10 Å². The number of halogens is 1. The zero-order chi connectivity index (χ0) is 11.8. The Balaban J connectivity index is 0.00000120. The van der Waals surface area contributed by atoms with Crippen LogP contribution in [-0.2, 0) is 0 Å². The highest BCUT2D eigenvalue weighted by Gasteiger charge is 2.10. The number of benzene rings is 2. The fraction of sp³-hybridized carbons (Fsp3) is 0.143. The molecule has 1 aromatic heterocycles. The van der Waals surface area contributed by atoms with Gasteiger partial charge in [0.2, 0.25) is 0 Å². The van der Waals surface area contributed by atoms with Gasteiger partial charge in [0.15, 0.2) is 0 Å². The van der Waals surface area contributed by atoms with E-state index in [4.69, 9.17) is 10.2 Å². The van der Waals surface area contributed by atoms with Crippen LogP contribution >= 0.6 is 12.4 Å². The van der Waals surface area contributed by atoms with Gasteiger partial charge in [-0.1, -0.05) is 24.3 Å². The van der Waals surface area contributed by atoms with Crippen molar-refractivity contribution in [3.05, 3.63) is 48.0 Å². The van der Waals surface area contributed by atoms with E-state index >= 15 is 0 Å². The van der Waals surface area contributed by atoms with Crippen LogP contribution in [0.5, 0.6) is 0 Å². The molecule has 0 spiro atoms. The Kier molecular flexibility index (Phi) is 3.57. The molecule has 0 saturated carbocycles. The third-order valence-corrected chi connectivity index (χ3v) is 3.01. The maximum atomic E-state index is 9.74. The quantitative estimate of drug-likeness (QED) is 0.747. The SMILES string of the molecule is Cl.NCC(O)c1ccc2oc3ccccc3c2c1. The number of hydrogen-bond acceptors (Lipinski definition) is 3. The molecule has 94 valence electrons. The summed E-state index contributed by atoms with van der Waals surface area (Å²) >= 11 is 0. The molecule has 0 fully saturated rings. The summed E-state index contributed by atoms with van der Waals surface area (Å²) in [5.41, 5.74) is 7.98. The van der Waals surface area contributed by atoms with Crippen LogP contribution in [0, 0.1) is 0 Å². The number of hydrogen-bond donors (Lipinski definition) is 2. The van der Waals surface area contributed by atoms with E-state index in [0.29, 0.717) is 0 Å². The normalized spacial score (nSPS) is 12.6. The van der Waals surface area contributed by atoms with Crippen LogP contribution in [-0.4, -0.2) is 11.7 Å². The average molecular weight is 264 g/mol. The summed E-state index contributed by atoms with van der Waals surface area (Å²) in [6.07, 6.45) is -0.618. The Bertz CT molecular complexity index is 678. The van der Waals surface area contributed by atoms with E-state index in [1.54, 1.807) is 0 Å². The highest BCUT2D eigenvalue weighted by molar-refractivity contribution is 6.04. The standard InChI is InChI=1S/C14H13NO2.ClH/c15-8-12(16)9-5-6-14-11(7-9)10-3-1-2-4-13(10)17-14;/h1-7,12,16H,8,15H2;1H. The molecule has 3 nitrogen and oxygen atoms in total. The Labute approximate surface area is 111 Å². The zero-order valence-corrected chi connectivity index (χ0v) is 10.5. The van der Waals surface area contributed by atoms with Crippen molar-refractivity contribution in [1.29, 1.82) is 0 Å². The van der Waals surface area contributed by atoms with Gasteiger partial charge in [0.25, 0.3) is 0 Å². The molecule has 0 radical (unpaired) electrons. The van der Waals surface area contributed by atoms with Crippen LogP contribution in [0.25, 0.3) is 21.9 Å². The molecule has 2 aromatic carbocycles. The first-order chi connectivity index (χ1) is 8.29. The number of para-hydroxylation sites is 1. The number of rotatable bonds is 2. The molecule has 0 aliphatic carbocycles. The lowest BCUT2D eigenvalue weighted by Crippen LogP contribution is -2.11. The molecule has 18 heavy (non-hydrogen) atoms. The molecule has 3 aromatic rings. The van der Waals surface area contributed by atoms with Crippen molar-refractivity contribution in [2.45, 2.75) is 6.10 Å². The van der Waals surface area contributed by atoms with Crippen LogP contribution in [0.15, 0.2) is 46.9 Å². The van der Waals surface area contributed by atoms with Gasteiger partial charge in [0.05, 0.1) is 6.10 Å². The molecule has 0 aliphatic heterocycles. The van der Waals surface area contributed by atoms with Gasteiger partial charge in [-0.15, -0.1) is 12.4 Å². The molecular weight excluding hydrogens is 250 g/mol. The van der Waals surface area contributed by atoms with Crippen molar-refractivity contribution in [3.63, 3.8) is 0 Å². The first-order valence-electron chi connectivity index (χ1n) is 5.59. The molecule has 1 heterocycles. The van der Waals surface area contributed by atoms with Crippen molar-refractivity contribution < 1.29 is 9.52 Å². The first kappa shape index (κ1) is 12.9. The number of aliphatic hydroxyl groups is 1. The average Bonchev–Trinajstić information content (AvgIpc) is 2.75. The number of nitrogens with two attached hydrogens (primary N) is 1. The summed E-state index contributed by atoms with van der Waals surface area (Å²) in [6.45, 7) is 0.224. The Morgan fingerprint density at radius 2 is 1.78 bits per heavy atom. The summed E-state index contributed by atoms with van der Waals surface area (Å²) in [4.78, 5) is 0. The molecule has 3 N–H and O–H groups in total. The number of fused-ring (bicyclic) bond motifs is 3. The van der Waals surface area contributed by atoms with Gasteiger partial charge in [-0.25, -0.2) is 0 Å². The predicted molar refractivity (Wildman–Crippen MR) is 75.0 cm³/mol. The van der Waals surface area contributed by atoms with E-state index in [9.17, 15) is 5.11 Å². The summed E-state index contributed by atoms with van der Waals surface area (Å²) in [7, 11) is 0. The fourth-order valence-corrected chi connectivity index (χ4v) is 2.09. The lowest BCUT2D eigenvalue weighted by Gasteiger charge is -2.07. The van der Waals surface area contributed by atoms with Gasteiger partial charge in [-0.3, -0.25) is 0 Å². The molecule has 0 aliphatic rings. The van der Waals surface area contributed by atoms with Crippen molar-refractivity contribution in [2.24, 2.45) is 5.73 Å². The minimum Gasteiger partial charge on any atom is -0.456 e. The maximum absolute atomic E-state index is 9.74. The Morgan fingerprint density at radius 3 is 2.56 bits per heavy atom. The second-order valence-electron chi connectivity index (χ2n) is 4.11. The molecular formula is C14H14ClNO2. The van der Waals surface area contributed by atoms with Crippen molar-refractivity contribution in [2.75, 3.05) is 6.54 Å². The van der Waals surface area contributed by atoms with E-state index in [0.717, 1.165) is 27.5 Å². The largest absolute Gasteiger partial charge is 0.456 e. The van der Waals surface area contributed by atoms with Gasteiger partial charge < -0.3 is 15.3 Å². The van der Waals surface area contributed by atoms with Crippen LogP contribution in [0.4, 0.5) is 0 Å². The molecule has 0 bridgehead atoms. The molecule has 3 rings (SSSR count). The summed E-state index contributed by atoms with van der Waals surface area (Å²) in [5, 5.41) is 11.8. The van der Waals surface area contributed by atoms with Crippen molar-refractivity contribution in [1.82, 2.24) is 0 Å². The number of furan rings is 1. The van der Waals surface area contributed by atoms with E-state index in [-0.39, 0.29) is 19.0 Å². The lowest BCUT2D eigenvalue weighted by atomic mass is 10.1. The molecule has 0 amide bonds. The smallest absolute Gasteiger partial charge is 0.135 e. The Hall–Kier alpha value is -1.55. The van der Waals surface area contributed by atoms with Crippen molar-refractivity contribution in [3.8, 4) is 0 Å². The molecule has 1 atom stereocenters. The molecule has 0 saturated heterocycles. The van der Waals surface area contributed by atoms with Gasteiger partial charge in [-0.2, -0.15) is 0 Å². The van der Waals surface area contributed by atoms with Gasteiger partial charge in [0.1, 0.15) is 11.2 Å². The summed E-state index contributed by atoms with van der Waals surface area (Å²) < 4.78 is 5.71. The fourth-order valence-electron chi connectivity index (χ4n) is 2.09. The lowest BCUT2D eigenvalue weighted by molar-refractivity contribution is 0.187.